The lowest BCUT2D eigenvalue weighted by atomic mass is 9.96. The summed E-state index contributed by atoms with van der Waals surface area (Å²) in [4.78, 5) is 24.8. The Morgan fingerprint density at radius 1 is 1.25 bits per heavy atom. The van der Waals surface area contributed by atoms with Gasteiger partial charge >= 0.3 is 6.09 Å². The maximum absolute atomic E-state index is 14.1. The number of benzene rings is 1. The average molecular weight is 333 g/mol. The van der Waals surface area contributed by atoms with Crippen molar-refractivity contribution in [2.45, 2.75) is 38.9 Å². The summed E-state index contributed by atoms with van der Waals surface area (Å²) in [7, 11) is 0. The summed E-state index contributed by atoms with van der Waals surface area (Å²) in [6.45, 7) is 6.11. The first-order chi connectivity index (χ1) is 11.2. The number of rotatable bonds is 2. The highest BCUT2D eigenvalue weighted by Crippen LogP contribution is 2.28. The molecule has 24 heavy (non-hydrogen) atoms. The van der Waals surface area contributed by atoms with E-state index >= 15 is 0 Å². The monoisotopic (exact) mass is 333 g/mol. The number of amides is 1. The highest BCUT2D eigenvalue weighted by molar-refractivity contribution is 5.98. The maximum Gasteiger partial charge on any atom is 0.410 e. The normalized spacial score (nSPS) is 17.3. The predicted molar refractivity (Wildman–Crippen MR) is 86.4 cm³/mol. The Hall–Kier alpha value is -2.37. The summed E-state index contributed by atoms with van der Waals surface area (Å²) in [6.07, 6.45) is 2.63. The van der Waals surface area contributed by atoms with Crippen molar-refractivity contribution in [2.24, 2.45) is 0 Å². The molecule has 1 fully saturated rings. The van der Waals surface area contributed by atoms with E-state index in [1.165, 1.54) is 17.0 Å². The molecule has 0 aromatic heterocycles. The van der Waals surface area contributed by atoms with E-state index < -0.39 is 17.5 Å². The number of likely N-dealkylation sites (tertiary alicyclic amines) is 1. The van der Waals surface area contributed by atoms with Crippen LogP contribution in [0.5, 0.6) is 5.75 Å². The number of carbonyl (C=O) groups excluding carboxylic acids is 2. The molecule has 0 unspecified atom stereocenters. The minimum absolute atomic E-state index is 0.0141. The predicted octanol–water partition coefficient (Wildman–Crippen LogP) is 2.96. The van der Waals surface area contributed by atoms with Crippen LogP contribution in [0.3, 0.4) is 0 Å². The molecule has 6 heteroatoms. The molecular weight excluding hydrogens is 313 g/mol. The SMILES string of the molecule is CC(C)(C)OC(=O)N1CC(Oc2cc3c(cc2F)C=CC(=O)C3)C1. The lowest BCUT2D eigenvalue weighted by molar-refractivity contribution is -0.114. The van der Waals surface area contributed by atoms with E-state index in [-0.39, 0.29) is 24.1 Å². The standard InChI is InChI=1S/C18H20FNO4/c1-18(2,3)24-17(22)20-9-14(10-20)23-16-8-12-6-13(21)5-4-11(12)7-15(16)19/h4-5,7-8,14H,6,9-10H2,1-3H3. The summed E-state index contributed by atoms with van der Waals surface area (Å²) in [6, 6.07) is 2.94. The topological polar surface area (TPSA) is 55.8 Å². The Labute approximate surface area is 140 Å². The van der Waals surface area contributed by atoms with Gasteiger partial charge in [-0.25, -0.2) is 9.18 Å². The Kier molecular flexibility index (Phi) is 4.07. The van der Waals surface area contributed by atoms with Gasteiger partial charge in [-0.15, -0.1) is 0 Å². The quantitative estimate of drug-likeness (QED) is 0.835. The Morgan fingerprint density at radius 3 is 2.62 bits per heavy atom. The molecule has 0 bridgehead atoms. The van der Waals surface area contributed by atoms with Crippen molar-refractivity contribution in [3.8, 4) is 5.75 Å². The summed E-state index contributed by atoms with van der Waals surface area (Å²) < 4.78 is 25.0. The molecule has 1 aliphatic carbocycles. The van der Waals surface area contributed by atoms with Gasteiger partial charge in [0.05, 0.1) is 13.1 Å². The van der Waals surface area contributed by atoms with Crippen LogP contribution in [-0.4, -0.2) is 41.6 Å². The van der Waals surface area contributed by atoms with Crippen LogP contribution < -0.4 is 4.74 Å². The minimum Gasteiger partial charge on any atom is -0.484 e. The number of allylic oxidation sites excluding steroid dienone is 1. The molecule has 0 spiro atoms. The summed E-state index contributed by atoms with van der Waals surface area (Å²) >= 11 is 0. The smallest absolute Gasteiger partial charge is 0.410 e. The Balaban J connectivity index is 1.61. The molecule has 0 radical (unpaired) electrons. The number of hydrogen-bond donors (Lipinski definition) is 0. The molecule has 5 nitrogen and oxygen atoms in total. The van der Waals surface area contributed by atoms with Crippen LogP contribution >= 0.6 is 0 Å². The third kappa shape index (κ3) is 3.58. The van der Waals surface area contributed by atoms with Gasteiger partial charge in [0.2, 0.25) is 0 Å². The van der Waals surface area contributed by atoms with Gasteiger partial charge in [0, 0.05) is 6.42 Å². The third-order valence-electron chi connectivity index (χ3n) is 3.80. The zero-order chi connectivity index (χ0) is 17.5. The van der Waals surface area contributed by atoms with Crippen LogP contribution in [-0.2, 0) is 16.0 Å². The fourth-order valence-corrected chi connectivity index (χ4v) is 2.61. The number of nitrogens with zero attached hydrogens (tertiary/aromatic N) is 1. The van der Waals surface area contributed by atoms with Crippen LogP contribution in [0, 0.1) is 5.82 Å². The van der Waals surface area contributed by atoms with Crippen molar-refractivity contribution < 1.29 is 23.5 Å². The zero-order valence-electron chi connectivity index (χ0n) is 14.0. The molecule has 3 rings (SSSR count). The molecule has 0 atom stereocenters. The molecule has 1 amide bonds. The molecule has 128 valence electrons. The first-order valence-corrected chi connectivity index (χ1v) is 7.89. The van der Waals surface area contributed by atoms with Gasteiger partial charge in [0.25, 0.3) is 0 Å². The fraction of sp³-hybridized carbons (Fsp3) is 0.444. The first-order valence-electron chi connectivity index (χ1n) is 7.89. The Bertz CT molecular complexity index is 714. The lowest BCUT2D eigenvalue weighted by Gasteiger charge is -2.39. The number of carbonyl (C=O) groups is 2. The molecule has 1 aromatic carbocycles. The fourth-order valence-electron chi connectivity index (χ4n) is 2.61. The van der Waals surface area contributed by atoms with Crippen LogP contribution in [0.2, 0.25) is 0 Å². The summed E-state index contributed by atoms with van der Waals surface area (Å²) in [5.74, 6) is -0.367. The number of fused-ring (bicyclic) bond motifs is 1. The highest BCUT2D eigenvalue weighted by atomic mass is 19.1. The zero-order valence-corrected chi connectivity index (χ0v) is 14.0. The molecule has 1 aliphatic heterocycles. The van der Waals surface area contributed by atoms with Crippen LogP contribution in [0.15, 0.2) is 18.2 Å². The van der Waals surface area contributed by atoms with Crippen LogP contribution in [0.4, 0.5) is 9.18 Å². The lowest BCUT2D eigenvalue weighted by Crippen LogP contribution is -2.57. The van der Waals surface area contributed by atoms with Gasteiger partial charge < -0.3 is 14.4 Å². The molecule has 1 saturated heterocycles. The second-order valence-corrected chi connectivity index (χ2v) is 7.08. The summed E-state index contributed by atoms with van der Waals surface area (Å²) in [5, 5.41) is 0. The molecule has 2 aliphatic rings. The van der Waals surface area contributed by atoms with Gasteiger partial charge in [-0.05, 0) is 50.1 Å². The second-order valence-electron chi connectivity index (χ2n) is 7.08. The van der Waals surface area contributed by atoms with Gasteiger partial charge in [0.15, 0.2) is 17.3 Å². The van der Waals surface area contributed by atoms with E-state index in [2.05, 4.69) is 0 Å². The molecular formula is C18H20FNO4. The van der Waals surface area contributed by atoms with Gasteiger partial charge in [0.1, 0.15) is 11.7 Å². The molecule has 1 heterocycles. The van der Waals surface area contributed by atoms with E-state index in [9.17, 15) is 14.0 Å². The number of hydrogen-bond acceptors (Lipinski definition) is 4. The van der Waals surface area contributed by atoms with E-state index in [0.29, 0.717) is 18.7 Å². The maximum atomic E-state index is 14.1. The van der Waals surface area contributed by atoms with E-state index in [4.69, 9.17) is 9.47 Å². The second kappa shape index (κ2) is 5.92. The first kappa shape index (κ1) is 16.5. The van der Waals surface area contributed by atoms with Crippen molar-refractivity contribution in [2.75, 3.05) is 13.1 Å². The van der Waals surface area contributed by atoms with Crippen molar-refractivity contribution >= 4 is 18.0 Å². The third-order valence-corrected chi connectivity index (χ3v) is 3.80. The van der Waals surface area contributed by atoms with Crippen LogP contribution in [0.1, 0.15) is 31.9 Å². The minimum atomic E-state index is -0.548. The van der Waals surface area contributed by atoms with E-state index in [0.717, 1.165) is 5.56 Å². The van der Waals surface area contributed by atoms with Gasteiger partial charge in [-0.1, -0.05) is 6.08 Å². The van der Waals surface area contributed by atoms with Crippen molar-refractivity contribution in [1.29, 1.82) is 0 Å². The largest absolute Gasteiger partial charge is 0.484 e. The Morgan fingerprint density at radius 2 is 1.96 bits per heavy atom. The van der Waals surface area contributed by atoms with Crippen molar-refractivity contribution in [3.63, 3.8) is 0 Å². The molecule has 0 N–H and O–H groups in total. The highest BCUT2D eigenvalue weighted by Gasteiger charge is 2.35. The number of ether oxygens (including phenoxy) is 2. The van der Waals surface area contributed by atoms with E-state index in [1.54, 1.807) is 32.9 Å². The van der Waals surface area contributed by atoms with Crippen molar-refractivity contribution in [3.05, 3.63) is 35.2 Å². The van der Waals surface area contributed by atoms with Crippen molar-refractivity contribution in [1.82, 2.24) is 4.90 Å². The van der Waals surface area contributed by atoms with Gasteiger partial charge in [-0.3, -0.25) is 4.79 Å². The number of ketones is 1. The van der Waals surface area contributed by atoms with Gasteiger partial charge in [-0.2, -0.15) is 0 Å². The number of halogens is 1. The molecule has 0 saturated carbocycles. The van der Waals surface area contributed by atoms with Crippen LogP contribution in [0.25, 0.3) is 6.08 Å². The van der Waals surface area contributed by atoms with E-state index in [1.807, 2.05) is 0 Å². The molecule has 1 aromatic rings. The average Bonchev–Trinajstić information content (AvgIpc) is 2.41. The summed E-state index contributed by atoms with van der Waals surface area (Å²) in [5.41, 5.74) is 0.902.